The second-order valence-corrected chi connectivity index (χ2v) is 4.76. The van der Waals surface area contributed by atoms with Crippen LogP contribution in [0.5, 0.6) is 0 Å². The van der Waals surface area contributed by atoms with Crippen LogP contribution in [0.25, 0.3) is 0 Å². The van der Waals surface area contributed by atoms with Crippen molar-refractivity contribution in [3.63, 3.8) is 0 Å². The minimum atomic E-state index is -0.184. The third-order valence-corrected chi connectivity index (χ3v) is 3.29. The van der Waals surface area contributed by atoms with Crippen molar-refractivity contribution in [3.8, 4) is 0 Å². The summed E-state index contributed by atoms with van der Waals surface area (Å²) >= 11 is 7.44. The third-order valence-electron chi connectivity index (χ3n) is 2.04. The highest BCUT2D eigenvalue weighted by Crippen LogP contribution is 2.22. The Hall–Kier alpha value is -0.870. The van der Waals surface area contributed by atoms with E-state index in [0.29, 0.717) is 17.1 Å². The Morgan fingerprint density at radius 3 is 2.94 bits per heavy atom. The van der Waals surface area contributed by atoms with Gasteiger partial charge in [-0.2, -0.15) is 11.8 Å². The van der Waals surface area contributed by atoms with Crippen LogP contribution in [0.4, 0.5) is 5.69 Å². The second-order valence-electron chi connectivity index (χ2n) is 3.22. The van der Waals surface area contributed by atoms with Crippen LogP contribution in [0.15, 0.2) is 18.2 Å². The van der Waals surface area contributed by atoms with Crippen LogP contribution in [0, 0.1) is 0 Å². The number of benzene rings is 1. The molecule has 0 unspecified atom stereocenters. The summed E-state index contributed by atoms with van der Waals surface area (Å²) in [4.78, 5) is 10.9. The maximum absolute atomic E-state index is 10.9. The van der Waals surface area contributed by atoms with E-state index in [2.05, 4.69) is 4.74 Å². The van der Waals surface area contributed by atoms with Crippen molar-refractivity contribution in [2.75, 3.05) is 18.6 Å². The molecule has 0 saturated heterocycles. The van der Waals surface area contributed by atoms with Crippen LogP contribution in [0.1, 0.15) is 12.0 Å². The Morgan fingerprint density at radius 2 is 2.31 bits per heavy atom. The molecule has 0 aliphatic carbocycles. The fourth-order valence-electron chi connectivity index (χ4n) is 1.14. The first-order valence-electron chi connectivity index (χ1n) is 4.82. The zero-order valence-corrected chi connectivity index (χ0v) is 10.6. The van der Waals surface area contributed by atoms with Crippen molar-refractivity contribution in [1.82, 2.24) is 0 Å². The molecule has 0 fully saturated rings. The van der Waals surface area contributed by atoms with Crippen LogP contribution >= 0.6 is 23.4 Å². The van der Waals surface area contributed by atoms with Gasteiger partial charge in [-0.05, 0) is 17.7 Å². The molecular weight excluding hydrogens is 246 g/mol. The van der Waals surface area contributed by atoms with E-state index < -0.39 is 0 Å². The van der Waals surface area contributed by atoms with Crippen LogP contribution in [0.3, 0.4) is 0 Å². The minimum absolute atomic E-state index is 0.184. The van der Waals surface area contributed by atoms with Gasteiger partial charge in [-0.15, -0.1) is 0 Å². The third kappa shape index (κ3) is 4.33. The molecule has 0 amide bonds. The van der Waals surface area contributed by atoms with Gasteiger partial charge in [-0.3, -0.25) is 4.79 Å². The Labute approximate surface area is 104 Å². The predicted molar refractivity (Wildman–Crippen MR) is 68.7 cm³/mol. The summed E-state index contributed by atoms with van der Waals surface area (Å²) in [7, 11) is 1.39. The normalized spacial score (nSPS) is 10.1. The average Bonchev–Trinajstić information content (AvgIpc) is 2.26. The summed E-state index contributed by atoms with van der Waals surface area (Å²) in [5.41, 5.74) is 7.53. The lowest BCUT2D eigenvalue weighted by Gasteiger charge is -2.05. The van der Waals surface area contributed by atoms with Crippen LogP contribution in [-0.2, 0) is 15.3 Å². The van der Waals surface area contributed by atoms with E-state index >= 15 is 0 Å². The fraction of sp³-hybridized carbons (Fsp3) is 0.364. The number of carbonyl (C=O) groups excluding carboxylic acids is 1. The maximum Gasteiger partial charge on any atom is 0.306 e. The highest BCUT2D eigenvalue weighted by Gasteiger charge is 2.02. The lowest BCUT2D eigenvalue weighted by Crippen LogP contribution is -2.01. The number of carbonyl (C=O) groups is 1. The number of rotatable bonds is 5. The summed E-state index contributed by atoms with van der Waals surface area (Å²) in [5.74, 6) is 1.32. The van der Waals surface area contributed by atoms with Gasteiger partial charge in [0.1, 0.15) is 0 Å². The number of thioether (sulfide) groups is 1. The number of nitrogens with two attached hydrogens (primary N) is 1. The van der Waals surface area contributed by atoms with Gasteiger partial charge in [0.15, 0.2) is 0 Å². The van der Waals surface area contributed by atoms with E-state index in [-0.39, 0.29) is 5.97 Å². The number of anilines is 1. The first-order valence-corrected chi connectivity index (χ1v) is 6.35. The zero-order chi connectivity index (χ0) is 12.0. The fourth-order valence-corrected chi connectivity index (χ4v) is 2.26. The molecule has 0 aromatic heterocycles. The Bertz CT molecular complexity index is 371. The summed E-state index contributed by atoms with van der Waals surface area (Å²) in [6, 6.07) is 5.45. The number of esters is 1. The number of halogens is 1. The van der Waals surface area contributed by atoms with E-state index in [0.717, 1.165) is 17.1 Å². The molecule has 88 valence electrons. The molecule has 1 aromatic rings. The lowest BCUT2D eigenvalue weighted by atomic mass is 10.2. The summed E-state index contributed by atoms with van der Waals surface area (Å²) < 4.78 is 4.55. The zero-order valence-electron chi connectivity index (χ0n) is 9.03. The van der Waals surface area contributed by atoms with Gasteiger partial charge in [-0.25, -0.2) is 0 Å². The quantitative estimate of drug-likeness (QED) is 0.502. The highest BCUT2D eigenvalue weighted by atomic mass is 35.5. The Balaban J connectivity index is 2.35. The van der Waals surface area contributed by atoms with Crippen LogP contribution < -0.4 is 5.73 Å². The monoisotopic (exact) mass is 259 g/mol. The van der Waals surface area contributed by atoms with E-state index in [1.807, 2.05) is 12.1 Å². The van der Waals surface area contributed by atoms with Crippen molar-refractivity contribution < 1.29 is 9.53 Å². The molecule has 16 heavy (non-hydrogen) atoms. The molecule has 0 aliphatic heterocycles. The molecule has 5 heteroatoms. The van der Waals surface area contributed by atoms with Crippen molar-refractivity contribution in [1.29, 1.82) is 0 Å². The topological polar surface area (TPSA) is 52.3 Å². The molecule has 0 heterocycles. The molecule has 0 saturated carbocycles. The SMILES string of the molecule is COC(=O)CCSCc1ccc(Cl)cc1N. The number of ether oxygens (including phenoxy) is 1. The van der Waals surface area contributed by atoms with Crippen molar-refractivity contribution in [2.24, 2.45) is 0 Å². The molecule has 0 spiro atoms. The van der Waals surface area contributed by atoms with E-state index in [1.165, 1.54) is 7.11 Å². The second kappa shape index (κ2) is 6.66. The molecule has 0 radical (unpaired) electrons. The summed E-state index contributed by atoms with van der Waals surface area (Å²) in [6.45, 7) is 0. The van der Waals surface area contributed by atoms with Crippen molar-refractivity contribution in [3.05, 3.63) is 28.8 Å². The first kappa shape index (κ1) is 13.2. The Morgan fingerprint density at radius 1 is 1.56 bits per heavy atom. The molecule has 2 N–H and O–H groups in total. The van der Waals surface area contributed by atoms with Gasteiger partial charge in [-0.1, -0.05) is 17.7 Å². The van der Waals surface area contributed by atoms with E-state index in [9.17, 15) is 4.79 Å². The smallest absolute Gasteiger partial charge is 0.306 e. The van der Waals surface area contributed by atoms with Gasteiger partial charge in [0.25, 0.3) is 0 Å². The van der Waals surface area contributed by atoms with Crippen LogP contribution in [-0.4, -0.2) is 18.8 Å². The molecule has 3 nitrogen and oxygen atoms in total. The van der Waals surface area contributed by atoms with E-state index in [4.69, 9.17) is 17.3 Å². The number of hydrogen-bond donors (Lipinski definition) is 1. The standard InChI is InChI=1S/C11H14ClNO2S/c1-15-11(14)4-5-16-7-8-2-3-9(12)6-10(8)13/h2-3,6H,4-5,7,13H2,1H3. The van der Waals surface area contributed by atoms with Gasteiger partial charge in [0.05, 0.1) is 13.5 Å². The van der Waals surface area contributed by atoms with Crippen LogP contribution in [0.2, 0.25) is 5.02 Å². The van der Waals surface area contributed by atoms with Gasteiger partial charge in [0.2, 0.25) is 0 Å². The number of hydrogen-bond acceptors (Lipinski definition) is 4. The summed E-state index contributed by atoms with van der Waals surface area (Å²) in [5, 5.41) is 0.640. The predicted octanol–water partition coefficient (Wildman–Crippen LogP) is 2.72. The summed E-state index contributed by atoms with van der Waals surface area (Å²) in [6.07, 6.45) is 0.425. The molecule has 0 atom stereocenters. The highest BCUT2D eigenvalue weighted by molar-refractivity contribution is 7.98. The van der Waals surface area contributed by atoms with Gasteiger partial charge < -0.3 is 10.5 Å². The Kier molecular flexibility index (Phi) is 5.49. The lowest BCUT2D eigenvalue weighted by molar-refractivity contribution is -0.140. The van der Waals surface area contributed by atoms with Gasteiger partial charge >= 0.3 is 5.97 Å². The van der Waals surface area contributed by atoms with E-state index in [1.54, 1.807) is 17.8 Å². The number of methoxy groups -OCH3 is 1. The average molecular weight is 260 g/mol. The molecule has 1 rings (SSSR count). The maximum atomic E-state index is 10.9. The number of nitrogen functional groups attached to an aromatic ring is 1. The first-order chi connectivity index (χ1) is 7.63. The molecule has 0 bridgehead atoms. The minimum Gasteiger partial charge on any atom is -0.469 e. The van der Waals surface area contributed by atoms with Crippen molar-refractivity contribution in [2.45, 2.75) is 12.2 Å². The van der Waals surface area contributed by atoms with Crippen molar-refractivity contribution >= 4 is 35.0 Å². The molecular formula is C11H14ClNO2S. The largest absolute Gasteiger partial charge is 0.469 e. The molecule has 0 aliphatic rings. The van der Waals surface area contributed by atoms with Gasteiger partial charge in [0, 0.05) is 22.2 Å². The molecule has 1 aromatic carbocycles.